The summed E-state index contributed by atoms with van der Waals surface area (Å²) in [6.07, 6.45) is -5.07. The van der Waals surface area contributed by atoms with Crippen molar-refractivity contribution in [3.05, 3.63) is 82.7 Å². The van der Waals surface area contributed by atoms with Crippen molar-refractivity contribution in [1.29, 1.82) is 0 Å². The second kappa shape index (κ2) is 12.1. The summed E-state index contributed by atoms with van der Waals surface area (Å²) in [4.78, 5) is 27.3. The number of hydrogen-bond donors (Lipinski definition) is 2. The number of carbonyl (C=O) groups is 2. The number of fused-ring (bicyclic) bond motifs is 1. The maximum Gasteiger partial charge on any atom is 0.451 e. The zero-order valence-electron chi connectivity index (χ0n) is 21.1. The van der Waals surface area contributed by atoms with E-state index < -0.39 is 53.4 Å². The summed E-state index contributed by atoms with van der Waals surface area (Å²) in [7, 11) is 0. The van der Waals surface area contributed by atoms with E-state index in [9.17, 15) is 35.9 Å². The lowest BCUT2D eigenvalue weighted by Crippen LogP contribution is -2.45. The third-order valence-electron chi connectivity index (χ3n) is 6.49. The topological polar surface area (TPSA) is 106 Å². The number of amides is 2. The Labute approximate surface area is 225 Å². The number of benzene rings is 2. The highest BCUT2D eigenvalue weighted by Crippen LogP contribution is 2.29. The first-order valence-corrected chi connectivity index (χ1v) is 12.4. The fourth-order valence-electron chi connectivity index (χ4n) is 4.59. The van der Waals surface area contributed by atoms with Crippen LogP contribution >= 0.6 is 0 Å². The molecule has 2 aromatic carbocycles. The lowest BCUT2D eigenvalue weighted by Gasteiger charge is -2.30. The minimum Gasteiger partial charge on any atom is -0.352 e. The van der Waals surface area contributed by atoms with Crippen molar-refractivity contribution in [2.75, 3.05) is 6.54 Å². The Morgan fingerprint density at radius 3 is 2.35 bits per heavy atom. The molecule has 4 rings (SSSR count). The molecule has 1 aliphatic heterocycles. The number of rotatable bonds is 9. The van der Waals surface area contributed by atoms with E-state index in [4.69, 9.17) is 5.73 Å². The molecule has 14 heteroatoms. The first-order chi connectivity index (χ1) is 18.9. The minimum absolute atomic E-state index is 0.00360. The molecule has 214 valence electrons. The van der Waals surface area contributed by atoms with Crippen molar-refractivity contribution in [3.8, 4) is 0 Å². The lowest BCUT2D eigenvalue weighted by molar-refractivity contribution is -0.148. The summed E-state index contributed by atoms with van der Waals surface area (Å²) in [5, 5.41) is 9.54. The van der Waals surface area contributed by atoms with Gasteiger partial charge in [-0.15, -0.1) is 10.2 Å². The van der Waals surface area contributed by atoms with Gasteiger partial charge in [-0.3, -0.25) is 9.59 Å². The summed E-state index contributed by atoms with van der Waals surface area (Å²) in [5.41, 5.74) is 6.62. The Bertz CT molecular complexity index is 1360. The molecule has 3 N–H and O–H groups in total. The molecule has 0 unspecified atom stereocenters. The minimum atomic E-state index is -4.67. The van der Waals surface area contributed by atoms with Crippen LogP contribution in [0.25, 0.3) is 0 Å². The predicted molar refractivity (Wildman–Crippen MR) is 130 cm³/mol. The van der Waals surface area contributed by atoms with Gasteiger partial charge >= 0.3 is 6.18 Å². The van der Waals surface area contributed by atoms with Crippen LogP contribution in [0.2, 0.25) is 0 Å². The SMILES string of the molecule is N[C@@H](CC(=O)N[C@@H](CC(=O)N1CCn2c(nnc2C(F)(F)F)C1)Cc1ccccc1)Cc1cc(F)c(F)cc1F. The third kappa shape index (κ3) is 7.17. The van der Waals surface area contributed by atoms with Crippen LogP contribution in [0, 0.1) is 17.5 Å². The van der Waals surface area contributed by atoms with Crippen molar-refractivity contribution in [1.82, 2.24) is 25.0 Å². The van der Waals surface area contributed by atoms with Gasteiger partial charge in [0.05, 0.1) is 6.54 Å². The number of carbonyl (C=O) groups excluding carboxylic acids is 2. The van der Waals surface area contributed by atoms with Crippen LogP contribution in [-0.2, 0) is 41.7 Å². The first kappa shape index (κ1) is 29.1. The molecule has 1 aromatic heterocycles. The average Bonchev–Trinajstić information content (AvgIpc) is 3.32. The molecule has 1 aliphatic rings. The van der Waals surface area contributed by atoms with E-state index in [0.717, 1.165) is 10.1 Å². The van der Waals surface area contributed by atoms with Gasteiger partial charge in [0.2, 0.25) is 17.6 Å². The van der Waals surface area contributed by atoms with Gasteiger partial charge in [0.25, 0.3) is 0 Å². The predicted octanol–water partition coefficient (Wildman–Crippen LogP) is 3.13. The van der Waals surface area contributed by atoms with Crippen molar-refractivity contribution in [2.45, 2.75) is 57.0 Å². The summed E-state index contributed by atoms with van der Waals surface area (Å²) < 4.78 is 81.0. The quantitative estimate of drug-likeness (QED) is 0.305. The van der Waals surface area contributed by atoms with Crippen molar-refractivity contribution >= 4 is 11.8 Å². The number of hydrogen-bond acceptors (Lipinski definition) is 5. The average molecular weight is 569 g/mol. The normalized spacial score (nSPS) is 14.9. The van der Waals surface area contributed by atoms with E-state index in [0.29, 0.717) is 12.1 Å². The first-order valence-electron chi connectivity index (χ1n) is 12.4. The molecule has 0 radical (unpaired) electrons. The lowest BCUT2D eigenvalue weighted by atomic mass is 10.0. The zero-order valence-corrected chi connectivity index (χ0v) is 21.1. The molecule has 2 amide bonds. The zero-order chi connectivity index (χ0) is 29.0. The van der Waals surface area contributed by atoms with Crippen molar-refractivity contribution < 1.29 is 35.9 Å². The second-order valence-electron chi connectivity index (χ2n) is 9.59. The maximum absolute atomic E-state index is 14.0. The number of alkyl halides is 3. The highest BCUT2D eigenvalue weighted by Gasteiger charge is 2.40. The molecule has 0 saturated carbocycles. The largest absolute Gasteiger partial charge is 0.451 e. The van der Waals surface area contributed by atoms with Crippen LogP contribution in [0.15, 0.2) is 42.5 Å². The molecule has 0 saturated heterocycles. The van der Waals surface area contributed by atoms with Gasteiger partial charge in [0, 0.05) is 44.1 Å². The van der Waals surface area contributed by atoms with Gasteiger partial charge in [-0.1, -0.05) is 30.3 Å². The number of aromatic nitrogens is 3. The van der Waals surface area contributed by atoms with E-state index in [1.807, 2.05) is 12.1 Å². The van der Waals surface area contributed by atoms with Gasteiger partial charge < -0.3 is 20.5 Å². The summed E-state index contributed by atoms with van der Waals surface area (Å²) in [6, 6.07) is 8.48. The van der Waals surface area contributed by atoms with Gasteiger partial charge in [-0.25, -0.2) is 13.2 Å². The fourth-order valence-corrected chi connectivity index (χ4v) is 4.59. The van der Waals surface area contributed by atoms with Crippen LogP contribution in [0.1, 0.15) is 35.6 Å². The smallest absolute Gasteiger partial charge is 0.352 e. The van der Waals surface area contributed by atoms with E-state index in [1.165, 1.54) is 4.90 Å². The monoisotopic (exact) mass is 568 g/mol. The number of nitrogens with zero attached hydrogens (tertiary/aromatic N) is 4. The molecular formula is C26H26F6N6O2. The molecule has 0 spiro atoms. The highest BCUT2D eigenvalue weighted by molar-refractivity contribution is 5.80. The van der Waals surface area contributed by atoms with Gasteiger partial charge in [0.1, 0.15) is 5.82 Å². The van der Waals surface area contributed by atoms with Gasteiger partial charge in [0.15, 0.2) is 17.5 Å². The van der Waals surface area contributed by atoms with Crippen LogP contribution in [0.4, 0.5) is 26.3 Å². The van der Waals surface area contributed by atoms with E-state index in [2.05, 4.69) is 15.5 Å². The molecule has 8 nitrogen and oxygen atoms in total. The number of nitrogens with two attached hydrogens (primary N) is 1. The van der Waals surface area contributed by atoms with Crippen molar-refractivity contribution in [2.24, 2.45) is 5.73 Å². The maximum atomic E-state index is 14.0. The molecular weight excluding hydrogens is 542 g/mol. The van der Waals surface area contributed by atoms with Crippen LogP contribution in [0.3, 0.4) is 0 Å². The third-order valence-corrected chi connectivity index (χ3v) is 6.49. The summed E-state index contributed by atoms with van der Waals surface area (Å²) in [5.74, 6) is -5.62. The highest BCUT2D eigenvalue weighted by atomic mass is 19.4. The fraction of sp³-hybridized carbons (Fsp3) is 0.385. The summed E-state index contributed by atoms with van der Waals surface area (Å²) in [6.45, 7) is -0.295. The second-order valence-corrected chi connectivity index (χ2v) is 9.59. The van der Waals surface area contributed by atoms with Gasteiger partial charge in [-0.2, -0.15) is 13.2 Å². The Kier molecular flexibility index (Phi) is 8.76. The van der Waals surface area contributed by atoms with Crippen LogP contribution in [-0.4, -0.2) is 50.1 Å². The molecule has 3 aromatic rings. The Balaban J connectivity index is 1.40. The van der Waals surface area contributed by atoms with Crippen LogP contribution < -0.4 is 11.1 Å². The Hall–Kier alpha value is -3.94. The van der Waals surface area contributed by atoms with E-state index >= 15 is 0 Å². The standard InChI is InChI=1S/C26H26F6N6O2/c27-19-13-21(29)20(28)10-16(19)9-17(33)11-23(39)34-18(8-15-4-2-1-3-5-15)12-24(40)37-6-7-38-22(14-37)35-36-25(38)26(30,31)32/h1-5,10,13,17-18H,6-9,11-12,14,33H2,(H,34,39)/t17-,18-/m1/s1. The summed E-state index contributed by atoms with van der Waals surface area (Å²) >= 11 is 0. The molecule has 40 heavy (non-hydrogen) atoms. The van der Waals surface area contributed by atoms with E-state index in [-0.39, 0.29) is 56.7 Å². The van der Waals surface area contributed by atoms with E-state index in [1.54, 1.807) is 18.2 Å². The molecule has 2 heterocycles. The Morgan fingerprint density at radius 1 is 0.950 bits per heavy atom. The van der Waals surface area contributed by atoms with Crippen molar-refractivity contribution in [3.63, 3.8) is 0 Å². The molecule has 2 atom stereocenters. The number of halogens is 6. The number of nitrogens with one attached hydrogen (secondary N) is 1. The molecule has 0 aliphatic carbocycles. The van der Waals surface area contributed by atoms with Crippen LogP contribution in [0.5, 0.6) is 0 Å². The Morgan fingerprint density at radius 2 is 1.65 bits per heavy atom. The van der Waals surface area contributed by atoms with Gasteiger partial charge in [-0.05, 0) is 30.0 Å². The molecule has 0 bridgehead atoms. The molecule has 0 fully saturated rings.